The molecule has 30 heavy (non-hydrogen) atoms. The first-order valence-electron chi connectivity index (χ1n) is 14.7. The van der Waals surface area contributed by atoms with Crippen LogP contribution in [-0.2, 0) is 0 Å². The van der Waals surface area contributed by atoms with Gasteiger partial charge in [-0.1, -0.05) is 182 Å². The van der Waals surface area contributed by atoms with Crippen molar-refractivity contribution in [3.05, 3.63) is 0 Å². The third-order valence-corrected chi connectivity index (χ3v) is 7.30. The lowest BCUT2D eigenvalue weighted by Gasteiger charge is -2.19. The van der Waals surface area contributed by atoms with Crippen molar-refractivity contribution in [1.82, 2.24) is 0 Å². The van der Waals surface area contributed by atoms with Gasteiger partial charge in [-0.15, -0.1) is 0 Å². The zero-order chi connectivity index (χ0) is 22.1. The fourth-order valence-corrected chi connectivity index (χ4v) is 4.97. The number of unbranched alkanes of at least 4 members (excludes halogenated alkanes) is 16. The molecule has 0 spiro atoms. The maximum atomic E-state index is 2.53. The van der Waals surface area contributed by atoms with E-state index in [0.717, 1.165) is 11.8 Å². The van der Waals surface area contributed by atoms with Gasteiger partial charge >= 0.3 is 0 Å². The average Bonchev–Trinajstić information content (AvgIpc) is 2.75. The smallest absolute Gasteiger partial charge is 0.0414 e. The highest BCUT2D eigenvalue weighted by atomic mass is 14.2. The van der Waals surface area contributed by atoms with Crippen molar-refractivity contribution < 1.29 is 0 Å². The molecule has 0 aromatic rings. The van der Waals surface area contributed by atoms with Crippen molar-refractivity contribution in [2.75, 3.05) is 0 Å². The Morgan fingerprint density at radius 3 is 1.13 bits per heavy atom. The first-order chi connectivity index (χ1) is 14.7. The van der Waals surface area contributed by atoms with Crippen molar-refractivity contribution in [3.63, 3.8) is 0 Å². The van der Waals surface area contributed by atoms with E-state index in [2.05, 4.69) is 27.7 Å². The molecule has 0 rings (SSSR count). The summed E-state index contributed by atoms with van der Waals surface area (Å²) >= 11 is 0. The lowest BCUT2D eigenvalue weighted by molar-refractivity contribution is 0.336. The summed E-state index contributed by atoms with van der Waals surface area (Å²) in [6.07, 6.45) is 35.2. The van der Waals surface area contributed by atoms with E-state index in [4.69, 9.17) is 0 Å². The molecule has 0 saturated carbocycles. The minimum Gasteiger partial charge on any atom is -0.0654 e. The van der Waals surface area contributed by atoms with Crippen LogP contribution in [0.15, 0.2) is 0 Å². The molecule has 2 atom stereocenters. The summed E-state index contributed by atoms with van der Waals surface area (Å²) in [5, 5.41) is 0. The third-order valence-electron chi connectivity index (χ3n) is 7.30. The van der Waals surface area contributed by atoms with Crippen LogP contribution >= 0.6 is 0 Å². The van der Waals surface area contributed by atoms with Gasteiger partial charge in [-0.25, -0.2) is 0 Å². The van der Waals surface area contributed by atoms with Crippen LogP contribution in [0.25, 0.3) is 0 Å². The molecule has 0 aliphatic carbocycles. The van der Waals surface area contributed by atoms with Gasteiger partial charge in [-0.2, -0.15) is 0 Å². The fraction of sp³-hybridized carbons (Fsp3) is 1.00. The van der Waals surface area contributed by atoms with Crippen molar-refractivity contribution in [1.29, 1.82) is 0 Å². The largest absolute Gasteiger partial charge is 0.0654 e. The van der Waals surface area contributed by atoms with Crippen LogP contribution in [0, 0.1) is 11.8 Å². The third kappa shape index (κ3) is 22.7. The summed E-state index contributed by atoms with van der Waals surface area (Å²) in [5.74, 6) is 1.98. The van der Waals surface area contributed by atoms with Gasteiger partial charge in [0.2, 0.25) is 0 Å². The average molecular weight is 423 g/mol. The Balaban J connectivity index is 3.67. The second-order valence-electron chi connectivity index (χ2n) is 10.6. The van der Waals surface area contributed by atoms with Crippen LogP contribution in [0.3, 0.4) is 0 Å². The number of hydrogen-bond donors (Lipinski definition) is 0. The van der Waals surface area contributed by atoms with Gasteiger partial charge < -0.3 is 0 Å². The Morgan fingerprint density at radius 1 is 0.333 bits per heavy atom. The SMILES string of the molecule is CCCCCCCCCCCCCC(C)CCC(CCCCC)CCCCCCC. The summed E-state index contributed by atoms with van der Waals surface area (Å²) in [6.45, 7) is 9.50. The van der Waals surface area contributed by atoms with Crippen molar-refractivity contribution in [2.45, 2.75) is 182 Å². The van der Waals surface area contributed by atoms with Gasteiger partial charge in [-0.05, 0) is 11.8 Å². The molecule has 0 aromatic heterocycles. The Kier molecular flexibility index (Phi) is 25.3. The highest BCUT2D eigenvalue weighted by Crippen LogP contribution is 2.26. The van der Waals surface area contributed by atoms with Gasteiger partial charge in [0, 0.05) is 0 Å². The highest BCUT2D eigenvalue weighted by Gasteiger charge is 2.11. The fourth-order valence-electron chi connectivity index (χ4n) is 4.97. The van der Waals surface area contributed by atoms with E-state index in [1.165, 1.54) is 154 Å². The van der Waals surface area contributed by atoms with Gasteiger partial charge in [0.05, 0.1) is 0 Å². The van der Waals surface area contributed by atoms with Crippen LogP contribution in [0.2, 0.25) is 0 Å². The van der Waals surface area contributed by atoms with Crippen molar-refractivity contribution in [3.8, 4) is 0 Å². The zero-order valence-corrected chi connectivity index (χ0v) is 22.1. The molecule has 0 aliphatic rings. The Bertz CT molecular complexity index is 294. The molecule has 2 unspecified atom stereocenters. The molecule has 0 heteroatoms. The minimum absolute atomic E-state index is 0.956. The molecule has 182 valence electrons. The number of rotatable bonds is 25. The number of hydrogen-bond acceptors (Lipinski definition) is 0. The summed E-state index contributed by atoms with van der Waals surface area (Å²) < 4.78 is 0. The van der Waals surface area contributed by atoms with Crippen LogP contribution in [0.4, 0.5) is 0 Å². The molecule has 0 nitrogen and oxygen atoms in total. The Hall–Kier alpha value is 0. The first-order valence-corrected chi connectivity index (χ1v) is 14.7. The summed E-state index contributed by atoms with van der Waals surface area (Å²) in [7, 11) is 0. The Morgan fingerprint density at radius 2 is 0.667 bits per heavy atom. The molecule has 0 fully saturated rings. The van der Waals surface area contributed by atoms with Gasteiger partial charge in [0.15, 0.2) is 0 Å². The molecular weight excluding hydrogens is 360 g/mol. The second-order valence-corrected chi connectivity index (χ2v) is 10.6. The molecule has 0 aliphatic heterocycles. The van der Waals surface area contributed by atoms with Crippen LogP contribution in [0.5, 0.6) is 0 Å². The quantitative estimate of drug-likeness (QED) is 0.128. The van der Waals surface area contributed by atoms with Crippen molar-refractivity contribution >= 4 is 0 Å². The van der Waals surface area contributed by atoms with Gasteiger partial charge in [0.1, 0.15) is 0 Å². The van der Waals surface area contributed by atoms with Crippen LogP contribution in [0.1, 0.15) is 182 Å². The molecule has 0 radical (unpaired) electrons. The first kappa shape index (κ1) is 30.0. The molecule has 0 aromatic carbocycles. The molecule has 0 heterocycles. The van der Waals surface area contributed by atoms with Crippen LogP contribution < -0.4 is 0 Å². The van der Waals surface area contributed by atoms with Crippen LogP contribution in [-0.4, -0.2) is 0 Å². The lowest BCUT2D eigenvalue weighted by atomic mass is 9.87. The van der Waals surface area contributed by atoms with E-state index in [0.29, 0.717) is 0 Å². The topological polar surface area (TPSA) is 0 Å². The molecular formula is C30H62. The standard InChI is InChI=1S/C30H62/c1-5-8-11-13-14-15-16-17-18-20-22-24-29(4)27-28-30(25-21-10-7-3)26-23-19-12-9-6-2/h29-30H,5-28H2,1-4H3. The molecule has 0 N–H and O–H groups in total. The second kappa shape index (κ2) is 25.3. The maximum Gasteiger partial charge on any atom is -0.0414 e. The molecule has 0 saturated heterocycles. The van der Waals surface area contributed by atoms with E-state index in [1.54, 1.807) is 0 Å². The summed E-state index contributed by atoms with van der Waals surface area (Å²) in [4.78, 5) is 0. The molecule has 0 amide bonds. The van der Waals surface area contributed by atoms with E-state index in [1.807, 2.05) is 0 Å². The zero-order valence-electron chi connectivity index (χ0n) is 22.1. The van der Waals surface area contributed by atoms with E-state index >= 15 is 0 Å². The highest BCUT2D eigenvalue weighted by molar-refractivity contribution is 4.64. The van der Waals surface area contributed by atoms with E-state index in [9.17, 15) is 0 Å². The van der Waals surface area contributed by atoms with E-state index < -0.39 is 0 Å². The minimum atomic E-state index is 0.956. The summed E-state index contributed by atoms with van der Waals surface area (Å²) in [5.41, 5.74) is 0. The predicted octanol–water partition coefficient (Wildman–Crippen LogP) is 11.7. The molecule has 0 bridgehead atoms. The van der Waals surface area contributed by atoms with Gasteiger partial charge in [0.25, 0.3) is 0 Å². The van der Waals surface area contributed by atoms with Crippen molar-refractivity contribution in [2.24, 2.45) is 11.8 Å². The maximum absolute atomic E-state index is 2.53. The van der Waals surface area contributed by atoms with E-state index in [-0.39, 0.29) is 0 Å². The monoisotopic (exact) mass is 422 g/mol. The Labute approximate surface area is 193 Å². The van der Waals surface area contributed by atoms with Gasteiger partial charge in [-0.3, -0.25) is 0 Å². The normalized spacial score (nSPS) is 13.6. The lowest BCUT2D eigenvalue weighted by Crippen LogP contribution is -2.05. The summed E-state index contributed by atoms with van der Waals surface area (Å²) in [6, 6.07) is 0. The predicted molar refractivity (Wildman–Crippen MR) is 140 cm³/mol.